The Bertz CT molecular complexity index is 1360. The normalized spacial score (nSPS) is 11.1. The van der Waals surface area contributed by atoms with Crippen LogP contribution >= 0.6 is 11.8 Å². The Morgan fingerprint density at radius 1 is 0.909 bits per heavy atom. The number of rotatable bonds is 8. The van der Waals surface area contributed by atoms with Crippen molar-refractivity contribution in [3.8, 4) is 17.2 Å². The summed E-state index contributed by atoms with van der Waals surface area (Å²) in [5, 5.41) is 8.73. The van der Waals surface area contributed by atoms with Crippen LogP contribution < -0.4 is 9.47 Å². The van der Waals surface area contributed by atoms with Crippen molar-refractivity contribution in [1.82, 2.24) is 19.7 Å². The monoisotopic (exact) mass is 458 g/mol. The molecule has 0 fully saturated rings. The zero-order valence-corrected chi connectivity index (χ0v) is 19.1. The summed E-state index contributed by atoms with van der Waals surface area (Å²) in [5.41, 5.74) is 4.16. The molecule has 0 bridgehead atoms. The van der Waals surface area contributed by atoms with E-state index in [1.807, 2.05) is 73.7 Å². The van der Waals surface area contributed by atoms with E-state index in [-0.39, 0.29) is 6.61 Å². The Balaban J connectivity index is 1.32. The van der Waals surface area contributed by atoms with Crippen molar-refractivity contribution in [2.75, 3.05) is 7.11 Å². The van der Waals surface area contributed by atoms with Crippen molar-refractivity contribution in [3.05, 3.63) is 90.1 Å². The minimum Gasteiger partial charge on any atom is -0.497 e. The zero-order valence-electron chi connectivity index (χ0n) is 18.3. The number of thioether (sulfide) groups is 1. The molecule has 166 valence electrons. The number of para-hydroxylation sites is 2. The predicted octanol–water partition coefficient (Wildman–Crippen LogP) is 5.60. The van der Waals surface area contributed by atoms with E-state index < -0.39 is 0 Å². The van der Waals surface area contributed by atoms with Gasteiger partial charge in [0, 0.05) is 5.69 Å². The first kappa shape index (κ1) is 21.1. The van der Waals surface area contributed by atoms with Crippen LogP contribution in [0.25, 0.3) is 16.7 Å². The van der Waals surface area contributed by atoms with Crippen LogP contribution in [0.2, 0.25) is 0 Å². The van der Waals surface area contributed by atoms with Gasteiger partial charge in [-0.3, -0.25) is 4.57 Å². The SMILES string of the molecule is COc1ccc(-n2c(CSc3nnc(COc4ccc(C)cc4)o3)nc3ccccc32)cc1. The number of hydrogen-bond acceptors (Lipinski definition) is 7. The third kappa shape index (κ3) is 4.70. The molecule has 0 unspecified atom stereocenters. The van der Waals surface area contributed by atoms with Gasteiger partial charge in [0.05, 0.1) is 23.9 Å². The topological polar surface area (TPSA) is 75.2 Å². The lowest BCUT2D eigenvalue weighted by Crippen LogP contribution is -2.00. The molecule has 0 aliphatic carbocycles. The second-order valence-corrected chi connectivity index (χ2v) is 8.33. The summed E-state index contributed by atoms with van der Waals surface area (Å²) >= 11 is 1.45. The Morgan fingerprint density at radius 3 is 2.45 bits per heavy atom. The van der Waals surface area contributed by atoms with E-state index in [0.29, 0.717) is 16.9 Å². The summed E-state index contributed by atoms with van der Waals surface area (Å²) in [4.78, 5) is 4.83. The van der Waals surface area contributed by atoms with Crippen molar-refractivity contribution in [3.63, 3.8) is 0 Å². The molecule has 0 amide bonds. The number of ether oxygens (including phenoxy) is 2. The largest absolute Gasteiger partial charge is 0.497 e. The van der Waals surface area contributed by atoms with Gasteiger partial charge in [0.1, 0.15) is 17.3 Å². The Labute approximate surface area is 195 Å². The Hall–Kier alpha value is -3.78. The lowest BCUT2D eigenvalue weighted by atomic mass is 10.2. The highest BCUT2D eigenvalue weighted by Gasteiger charge is 2.15. The number of aromatic nitrogens is 4. The summed E-state index contributed by atoms with van der Waals surface area (Å²) in [6, 6.07) is 23.9. The second kappa shape index (κ2) is 9.38. The zero-order chi connectivity index (χ0) is 22.6. The smallest absolute Gasteiger partial charge is 0.277 e. The van der Waals surface area contributed by atoms with E-state index in [2.05, 4.69) is 20.8 Å². The minimum atomic E-state index is 0.223. The fraction of sp³-hybridized carbons (Fsp3) is 0.160. The quantitative estimate of drug-likeness (QED) is 0.280. The lowest BCUT2D eigenvalue weighted by Gasteiger charge is -2.09. The van der Waals surface area contributed by atoms with Crippen molar-refractivity contribution in [2.24, 2.45) is 0 Å². The fourth-order valence-corrected chi connectivity index (χ4v) is 4.15. The molecule has 0 saturated carbocycles. The molecule has 2 aromatic heterocycles. The molecule has 33 heavy (non-hydrogen) atoms. The highest BCUT2D eigenvalue weighted by Crippen LogP contribution is 2.28. The van der Waals surface area contributed by atoms with Gasteiger partial charge >= 0.3 is 0 Å². The average Bonchev–Trinajstić information content (AvgIpc) is 3.46. The van der Waals surface area contributed by atoms with Crippen LogP contribution in [0.5, 0.6) is 11.5 Å². The van der Waals surface area contributed by atoms with Gasteiger partial charge in [-0.1, -0.05) is 41.6 Å². The summed E-state index contributed by atoms with van der Waals surface area (Å²) in [6.45, 7) is 2.26. The van der Waals surface area contributed by atoms with Gasteiger partial charge in [-0.15, -0.1) is 10.2 Å². The van der Waals surface area contributed by atoms with E-state index in [1.54, 1.807) is 7.11 Å². The number of hydrogen-bond donors (Lipinski definition) is 0. The summed E-state index contributed by atoms with van der Waals surface area (Å²) < 4.78 is 18.9. The fourth-order valence-electron chi connectivity index (χ4n) is 3.45. The number of imidazole rings is 1. The predicted molar refractivity (Wildman–Crippen MR) is 127 cm³/mol. The average molecular weight is 459 g/mol. The summed E-state index contributed by atoms with van der Waals surface area (Å²) in [7, 11) is 1.66. The molecular weight excluding hydrogens is 436 g/mol. The first-order valence-corrected chi connectivity index (χ1v) is 11.4. The Morgan fingerprint density at radius 2 is 1.67 bits per heavy atom. The number of methoxy groups -OCH3 is 1. The molecule has 5 rings (SSSR count). The van der Waals surface area contributed by atoms with Crippen molar-refractivity contribution < 1.29 is 13.9 Å². The van der Waals surface area contributed by atoms with Gasteiger partial charge in [0.15, 0.2) is 6.61 Å². The second-order valence-electron chi connectivity index (χ2n) is 7.40. The molecule has 0 radical (unpaired) electrons. The van der Waals surface area contributed by atoms with Crippen LogP contribution in [0.15, 0.2) is 82.4 Å². The van der Waals surface area contributed by atoms with Crippen molar-refractivity contribution in [2.45, 2.75) is 24.5 Å². The van der Waals surface area contributed by atoms with Gasteiger partial charge in [-0.05, 0) is 55.5 Å². The van der Waals surface area contributed by atoms with Gasteiger partial charge < -0.3 is 13.9 Å². The van der Waals surface area contributed by atoms with Gasteiger partial charge in [0.2, 0.25) is 0 Å². The van der Waals surface area contributed by atoms with Crippen LogP contribution in [0, 0.1) is 6.92 Å². The third-order valence-electron chi connectivity index (χ3n) is 5.12. The highest BCUT2D eigenvalue weighted by atomic mass is 32.2. The van der Waals surface area contributed by atoms with Crippen LogP contribution in [0.4, 0.5) is 0 Å². The maximum absolute atomic E-state index is 5.76. The molecule has 7 nitrogen and oxygen atoms in total. The molecule has 0 N–H and O–H groups in total. The molecule has 0 aliphatic heterocycles. The molecule has 5 aromatic rings. The molecule has 0 atom stereocenters. The Kier molecular flexibility index (Phi) is 5.99. The van der Waals surface area contributed by atoms with Crippen LogP contribution in [0.3, 0.4) is 0 Å². The first-order valence-electron chi connectivity index (χ1n) is 10.4. The van der Waals surface area contributed by atoms with E-state index in [9.17, 15) is 0 Å². The van der Waals surface area contributed by atoms with E-state index in [4.69, 9.17) is 18.9 Å². The van der Waals surface area contributed by atoms with Gasteiger partial charge in [0.25, 0.3) is 11.1 Å². The van der Waals surface area contributed by atoms with E-state index in [0.717, 1.165) is 34.0 Å². The molecule has 2 heterocycles. The summed E-state index contributed by atoms with van der Waals surface area (Å²) in [6.07, 6.45) is 0. The molecule has 3 aromatic carbocycles. The van der Waals surface area contributed by atoms with Crippen molar-refractivity contribution >= 4 is 22.8 Å². The number of fused-ring (bicyclic) bond motifs is 1. The molecule has 0 spiro atoms. The maximum Gasteiger partial charge on any atom is 0.277 e. The number of nitrogens with zero attached hydrogens (tertiary/aromatic N) is 4. The van der Waals surface area contributed by atoms with Gasteiger partial charge in [-0.2, -0.15) is 0 Å². The minimum absolute atomic E-state index is 0.223. The summed E-state index contributed by atoms with van der Waals surface area (Å²) in [5.74, 6) is 3.47. The molecule has 0 aliphatic rings. The first-order chi connectivity index (χ1) is 16.2. The molecule has 8 heteroatoms. The molecular formula is C25H22N4O3S. The third-order valence-corrected chi connectivity index (χ3v) is 5.93. The lowest BCUT2D eigenvalue weighted by molar-refractivity contribution is 0.252. The van der Waals surface area contributed by atoms with E-state index >= 15 is 0 Å². The standard InChI is InChI=1S/C25H22N4O3S/c1-17-7-11-20(12-8-17)31-15-24-27-28-25(32-24)33-16-23-26-21-5-3-4-6-22(21)29(23)18-9-13-19(30-2)14-10-18/h3-14H,15-16H2,1-2H3. The van der Waals surface area contributed by atoms with Crippen LogP contribution in [-0.2, 0) is 12.4 Å². The van der Waals surface area contributed by atoms with Crippen LogP contribution in [0.1, 0.15) is 17.3 Å². The molecule has 0 saturated heterocycles. The highest BCUT2D eigenvalue weighted by molar-refractivity contribution is 7.98. The van der Waals surface area contributed by atoms with Gasteiger partial charge in [-0.25, -0.2) is 4.98 Å². The number of aryl methyl sites for hydroxylation is 1. The van der Waals surface area contributed by atoms with Crippen molar-refractivity contribution in [1.29, 1.82) is 0 Å². The number of benzene rings is 3. The van der Waals surface area contributed by atoms with E-state index in [1.165, 1.54) is 17.3 Å². The maximum atomic E-state index is 5.76. The van der Waals surface area contributed by atoms with Crippen LogP contribution in [-0.4, -0.2) is 26.9 Å².